The number of hydrogen-bond acceptors (Lipinski definition) is 4. The van der Waals surface area contributed by atoms with Crippen LogP contribution in [0.3, 0.4) is 0 Å². The van der Waals surface area contributed by atoms with Gasteiger partial charge in [-0.15, -0.1) is 0 Å². The van der Waals surface area contributed by atoms with Gasteiger partial charge in [0.1, 0.15) is 11.8 Å². The Balaban J connectivity index is 2.20. The molecule has 0 spiro atoms. The first-order valence-corrected chi connectivity index (χ1v) is 5.01. The number of rotatable bonds is 2. The fraction of sp³-hybridized carbons (Fsp3) is 0.273. The predicted molar refractivity (Wildman–Crippen MR) is 57.0 cm³/mol. The van der Waals surface area contributed by atoms with E-state index in [-0.39, 0.29) is 24.6 Å². The summed E-state index contributed by atoms with van der Waals surface area (Å²) in [7, 11) is 0. The molecule has 1 aromatic rings. The standard InChI is InChI=1S/C11H9N3O3/c12-4-8-1-2-9(5-13-8)14-6-7(11(16)17)3-10(14)15/h1-2,5,7H,3,6H2,(H,16,17). The summed E-state index contributed by atoms with van der Waals surface area (Å²) in [5.74, 6) is -1.87. The smallest absolute Gasteiger partial charge is 0.308 e. The number of amides is 1. The number of aliphatic carboxylic acids is 1. The fourth-order valence-electron chi connectivity index (χ4n) is 1.73. The molecule has 1 aliphatic rings. The second-order valence-corrected chi connectivity index (χ2v) is 3.76. The van der Waals surface area contributed by atoms with Crippen LogP contribution in [0.4, 0.5) is 5.69 Å². The lowest BCUT2D eigenvalue weighted by Gasteiger charge is -2.15. The average molecular weight is 231 g/mol. The summed E-state index contributed by atoms with van der Waals surface area (Å²) < 4.78 is 0. The van der Waals surface area contributed by atoms with Gasteiger partial charge < -0.3 is 10.0 Å². The number of anilines is 1. The molecule has 17 heavy (non-hydrogen) atoms. The van der Waals surface area contributed by atoms with Crippen LogP contribution < -0.4 is 4.90 Å². The largest absolute Gasteiger partial charge is 0.481 e. The molecule has 6 nitrogen and oxygen atoms in total. The lowest BCUT2D eigenvalue weighted by Crippen LogP contribution is -2.25. The second kappa shape index (κ2) is 4.22. The molecule has 1 saturated heterocycles. The third-order valence-electron chi connectivity index (χ3n) is 2.65. The Bertz CT molecular complexity index is 504. The minimum absolute atomic E-state index is 0.00926. The normalized spacial score (nSPS) is 19.1. The number of hydrogen-bond donors (Lipinski definition) is 1. The van der Waals surface area contributed by atoms with Crippen LogP contribution in [0.1, 0.15) is 12.1 Å². The Kier molecular flexibility index (Phi) is 2.75. The summed E-state index contributed by atoms with van der Waals surface area (Å²) in [6, 6.07) is 4.96. The van der Waals surface area contributed by atoms with E-state index in [1.54, 1.807) is 6.07 Å². The molecule has 1 unspecified atom stereocenters. The molecule has 0 radical (unpaired) electrons. The van der Waals surface area contributed by atoms with E-state index in [2.05, 4.69) is 4.98 Å². The molecule has 2 heterocycles. The zero-order valence-electron chi connectivity index (χ0n) is 8.83. The molecule has 1 amide bonds. The monoisotopic (exact) mass is 231 g/mol. The predicted octanol–water partition coefficient (Wildman–Crippen LogP) is 0.391. The lowest BCUT2D eigenvalue weighted by atomic mass is 10.1. The van der Waals surface area contributed by atoms with Gasteiger partial charge in [0, 0.05) is 13.0 Å². The van der Waals surface area contributed by atoms with Gasteiger partial charge >= 0.3 is 5.97 Å². The van der Waals surface area contributed by atoms with Gasteiger partial charge in [0.25, 0.3) is 0 Å². The summed E-state index contributed by atoms with van der Waals surface area (Å²) in [6.45, 7) is 0.155. The van der Waals surface area contributed by atoms with E-state index in [0.717, 1.165) is 0 Å². The minimum atomic E-state index is -0.970. The molecule has 86 valence electrons. The van der Waals surface area contributed by atoms with Crippen molar-refractivity contribution in [2.75, 3.05) is 11.4 Å². The van der Waals surface area contributed by atoms with Crippen molar-refractivity contribution in [3.05, 3.63) is 24.0 Å². The van der Waals surface area contributed by atoms with Crippen molar-refractivity contribution in [2.24, 2.45) is 5.92 Å². The molecule has 2 rings (SSSR count). The van der Waals surface area contributed by atoms with Crippen LogP contribution in [0.15, 0.2) is 18.3 Å². The topological polar surface area (TPSA) is 94.3 Å². The Hall–Kier alpha value is -2.42. The van der Waals surface area contributed by atoms with E-state index >= 15 is 0 Å². The van der Waals surface area contributed by atoms with Crippen molar-refractivity contribution in [2.45, 2.75) is 6.42 Å². The summed E-state index contributed by atoms with van der Waals surface area (Å²) in [6.07, 6.45) is 1.41. The van der Waals surface area contributed by atoms with Crippen molar-refractivity contribution in [1.29, 1.82) is 5.26 Å². The van der Waals surface area contributed by atoms with Gasteiger partial charge in [0.15, 0.2) is 0 Å². The van der Waals surface area contributed by atoms with E-state index in [0.29, 0.717) is 5.69 Å². The summed E-state index contributed by atoms with van der Waals surface area (Å²) >= 11 is 0. The van der Waals surface area contributed by atoms with E-state index in [9.17, 15) is 9.59 Å². The van der Waals surface area contributed by atoms with Crippen molar-refractivity contribution in [3.8, 4) is 6.07 Å². The highest BCUT2D eigenvalue weighted by Crippen LogP contribution is 2.24. The van der Waals surface area contributed by atoms with Gasteiger partial charge in [0.05, 0.1) is 17.8 Å². The van der Waals surface area contributed by atoms with Crippen molar-refractivity contribution in [1.82, 2.24) is 4.98 Å². The molecule has 1 N–H and O–H groups in total. The molecule has 1 aliphatic heterocycles. The van der Waals surface area contributed by atoms with E-state index in [1.165, 1.54) is 17.2 Å². The second-order valence-electron chi connectivity index (χ2n) is 3.76. The first-order valence-electron chi connectivity index (χ1n) is 5.01. The van der Waals surface area contributed by atoms with Crippen LogP contribution in [0.5, 0.6) is 0 Å². The third kappa shape index (κ3) is 2.08. The molecule has 0 saturated carbocycles. The molecular formula is C11H9N3O3. The fourth-order valence-corrected chi connectivity index (χ4v) is 1.73. The first-order chi connectivity index (χ1) is 8.11. The zero-order valence-corrected chi connectivity index (χ0v) is 8.83. The maximum absolute atomic E-state index is 11.6. The van der Waals surface area contributed by atoms with Gasteiger partial charge in [0.2, 0.25) is 5.91 Å². The zero-order chi connectivity index (χ0) is 12.4. The molecule has 0 aromatic carbocycles. The molecule has 0 aliphatic carbocycles. The Morgan fingerprint density at radius 1 is 1.59 bits per heavy atom. The summed E-state index contributed by atoms with van der Waals surface area (Å²) in [5.41, 5.74) is 0.785. The van der Waals surface area contributed by atoms with Crippen molar-refractivity contribution in [3.63, 3.8) is 0 Å². The van der Waals surface area contributed by atoms with Gasteiger partial charge in [-0.3, -0.25) is 9.59 Å². The maximum atomic E-state index is 11.6. The molecule has 1 aromatic heterocycles. The summed E-state index contributed by atoms with van der Waals surface area (Å²) in [5, 5.41) is 17.4. The molecule has 1 atom stereocenters. The highest BCUT2D eigenvalue weighted by Gasteiger charge is 2.35. The van der Waals surface area contributed by atoms with Crippen LogP contribution in [0.2, 0.25) is 0 Å². The number of carbonyl (C=O) groups is 2. The molecule has 1 fully saturated rings. The maximum Gasteiger partial charge on any atom is 0.308 e. The van der Waals surface area contributed by atoms with Crippen LogP contribution in [0.25, 0.3) is 0 Å². The van der Waals surface area contributed by atoms with Gasteiger partial charge in [-0.05, 0) is 12.1 Å². The molecule has 0 bridgehead atoms. The van der Waals surface area contributed by atoms with Crippen LogP contribution in [-0.4, -0.2) is 28.5 Å². The van der Waals surface area contributed by atoms with E-state index in [4.69, 9.17) is 10.4 Å². The quantitative estimate of drug-likeness (QED) is 0.794. The van der Waals surface area contributed by atoms with Crippen LogP contribution in [0, 0.1) is 17.2 Å². The van der Waals surface area contributed by atoms with Crippen molar-refractivity contribution >= 4 is 17.6 Å². The van der Waals surface area contributed by atoms with Gasteiger partial charge in [-0.25, -0.2) is 4.98 Å². The van der Waals surface area contributed by atoms with Crippen molar-refractivity contribution < 1.29 is 14.7 Å². The van der Waals surface area contributed by atoms with Crippen LogP contribution in [-0.2, 0) is 9.59 Å². The molecular weight excluding hydrogens is 222 g/mol. The third-order valence-corrected chi connectivity index (χ3v) is 2.65. The lowest BCUT2D eigenvalue weighted by molar-refractivity contribution is -0.141. The number of pyridine rings is 1. The first kappa shape index (κ1) is 11.1. The number of nitriles is 1. The summed E-state index contributed by atoms with van der Waals surface area (Å²) in [4.78, 5) is 27.6. The Labute approximate surface area is 97.1 Å². The molecule has 6 heteroatoms. The highest BCUT2D eigenvalue weighted by atomic mass is 16.4. The van der Waals surface area contributed by atoms with Crippen LogP contribution >= 0.6 is 0 Å². The van der Waals surface area contributed by atoms with Gasteiger partial charge in [-0.2, -0.15) is 5.26 Å². The highest BCUT2D eigenvalue weighted by molar-refractivity contribution is 5.99. The average Bonchev–Trinajstić information content (AvgIpc) is 2.72. The van der Waals surface area contributed by atoms with E-state index < -0.39 is 11.9 Å². The number of nitrogens with zero attached hydrogens (tertiary/aromatic N) is 3. The number of aromatic nitrogens is 1. The SMILES string of the molecule is N#Cc1ccc(N2CC(C(=O)O)CC2=O)cn1. The van der Waals surface area contributed by atoms with Gasteiger partial charge in [-0.1, -0.05) is 0 Å². The number of carbonyl (C=O) groups excluding carboxylic acids is 1. The Morgan fingerprint density at radius 3 is 2.82 bits per heavy atom. The number of carboxylic acid groups (broad SMARTS) is 1. The number of carboxylic acids is 1. The van der Waals surface area contributed by atoms with E-state index in [1.807, 2.05) is 6.07 Å². The Morgan fingerprint density at radius 2 is 2.35 bits per heavy atom. The minimum Gasteiger partial charge on any atom is -0.481 e.